The van der Waals surface area contributed by atoms with Gasteiger partial charge in [-0.15, -0.1) is 0 Å². The number of hydrogen-bond donors (Lipinski definition) is 3. The molecule has 1 rings (SSSR count). The predicted octanol–water partition coefficient (Wildman–Crippen LogP) is 0.690. The lowest BCUT2D eigenvalue weighted by Gasteiger charge is -2.12. The SMILES string of the molecule is CCCNC(=O)CNS(=O)(=O)c1cc(N)cc(C)c1C. The minimum Gasteiger partial charge on any atom is -0.399 e. The molecule has 0 fully saturated rings. The Balaban J connectivity index is 2.87. The normalized spacial score (nSPS) is 11.3. The maximum absolute atomic E-state index is 12.2. The summed E-state index contributed by atoms with van der Waals surface area (Å²) in [7, 11) is -3.75. The summed E-state index contributed by atoms with van der Waals surface area (Å²) in [6, 6.07) is 3.11. The summed E-state index contributed by atoms with van der Waals surface area (Å²) >= 11 is 0. The molecule has 0 heterocycles. The second kappa shape index (κ2) is 6.71. The molecule has 4 N–H and O–H groups in total. The van der Waals surface area contributed by atoms with Gasteiger partial charge in [-0.3, -0.25) is 4.79 Å². The van der Waals surface area contributed by atoms with E-state index in [9.17, 15) is 13.2 Å². The van der Waals surface area contributed by atoms with Crippen molar-refractivity contribution in [1.82, 2.24) is 10.0 Å². The Morgan fingerprint density at radius 1 is 1.30 bits per heavy atom. The third-order valence-electron chi connectivity index (χ3n) is 2.93. The van der Waals surface area contributed by atoms with Gasteiger partial charge in [-0.2, -0.15) is 0 Å². The Bertz CT molecular complexity index is 597. The third-order valence-corrected chi connectivity index (χ3v) is 4.45. The summed E-state index contributed by atoms with van der Waals surface area (Å²) in [6.07, 6.45) is 0.798. The number of sulfonamides is 1. The summed E-state index contributed by atoms with van der Waals surface area (Å²) in [4.78, 5) is 11.5. The van der Waals surface area contributed by atoms with E-state index in [-0.39, 0.29) is 17.3 Å². The van der Waals surface area contributed by atoms with Crippen molar-refractivity contribution < 1.29 is 13.2 Å². The number of carbonyl (C=O) groups excluding carboxylic acids is 1. The quantitative estimate of drug-likeness (QED) is 0.673. The van der Waals surface area contributed by atoms with Crippen LogP contribution in [0.2, 0.25) is 0 Å². The average molecular weight is 299 g/mol. The van der Waals surface area contributed by atoms with E-state index in [1.165, 1.54) is 6.07 Å². The summed E-state index contributed by atoms with van der Waals surface area (Å²) in [5, 5.41) is 2.60. The lowest BCUT2D eigenvalue weighted by Crippen LogP contribution is -2.37. The van der Waals surface area contributed by atoms with Gasteiger partial charge in [0.2, 0.25) is 15.9 Å². The standard InChI is InChI=1S/C13H21N3O3S/c1-4-5-15-13(17)8-16-20(18,19)12-7-11(14)6-9(2)10(12)3/h6-7,16H,4-5,8,14H2,1-3H3,(H,15,17). The Kier molecular flexibility index (Phi) is 5.52. The highest BCUT2D eigenvalue weighted by molar-refractivity contribution is 7.89. The van der Waals surface area contributed by atoms with Crippen LogP contribution in [-0.2, 0) is 14.8 Å². The van der Waals surface area contributed by atoms with Crippen LogP contribution in [0.4, 0.5) is 5.69 Å². The minimum atomic E-state index is -3.75. The van der Waals surface area contributed by atoms with Gasteiger partial charge in [0.25, 0.3) is 0 Å². The van der Waals surface area contributed by atoms with E-state index in [1.54, 1.807) is 19.9 Å². The molecule has 0 saturated carbocycles. The monoisotopic (exact) mass is 299 g/mol. The van der Waals surface area contributed by atoms with Crippen molar-refractivity contribution in [3.05, 3.63) is 23.3 Å². The summed E-state index contributed by atoms with van der Waals surface area (Å²) < 4.78 is 26.7. The molecule has 0 unspecified atom stereocenters. The molecule has 0 radical (unpaired) electrons. The maximum Gasteiger partial charge on any atom is 0.241 e. The smallest absolute Gasteiger partial charge is 0.241 e. The van der Waals surface area contributed by atoms with Crippen molar-refractivity contribution >= 4 is 21.6 Å². The highest BCUT2D eigenvalue weighted by atomic mass is 32.2. The molecule has 0 bridgehead atoms. The minimum absolute atomic E-state index is 0.110. The van der Waals surface area contributed by atoms with Crippen LogP contribution in [0.25, 0.3) is 0 Å². The first-order valence-electron chi connectivity index (χ1n) is 6.41. The van der Waals surface area contributed by atoms with Crippen LogP contribution in [-0.4, -0.2) is 27.4 Å². The van der Waals surface area contributed by atoms with E-state index >= 15 is 0 Å². The topological polar surface area (TPSA) is 101 Å². The molecule has 0 aliphatic rings. The largest absolute Gasteiger partial charge is 0.399 e. The molecular weight excluding hydrogens is 278 g/mol. The number of nitrogens with one attached hydrogen (secondary N) is 2. The zero-order valence-electron chi connectivity index (χ0n) is 12.0. The Hall–Kier alpha value is -1.60. The summed E-state index contributed by atoms with van der Waals surface area (Å²) in [5.41, 5.74) is 7.47. The van der Waals surface area contributed by atoms with Gasteiger partial charge in [-0.05, 0) is 43.5 Å². The lowest BCUT2D eigenvalue weighted by molar-refractivity contribution is -0.119. The maximum atomic E-state index is 12.2. The fraction of sp³-hybridized carbons (Fsp3) is 0.462. The van der Waals surface area contributed by atoms with Crippen LogP contribution in [0, 0.1) is 13.8 Å². The van der Waals surface area contributed by atoms with Gasteiger partial charge in [-0.1, -0.05) is 6.92 Å². The zero-order valence-corrected chi connectivity index (χ0v) is 12.8. The molecule has 112 valence electrons. The van der Waals surface area contributed by atoms with Crippen molar-refractivity contribution in [2.45, 2.75) is 32.1 Å². The van der Waals surface area contributed by atoms with Crippen molar-refractivity contribution in [2.24, 2.45) is 0 Å². The molecule has 0 aliphatic heterocycles. The lowest BCUT2D eigenvalue weighted by atomic mass is 10.1. The molecule has 0 atom stereocenters. The van der Waals surface area contributed by atoms with Crippen LogP contribution in [0.1, 0.15) is 24.5 Å². The molecule has 0 saturated heterocycles. The first kappa shape index (κ1) is 16.5. The molecule has 1 aromatic rings. The summed E-state index contributed by atoms with van der Waals surface area (Å²) in [6.45, 7) is 5.66. The number of amides is 1. The number of benzene rings is 1. The van der Waals surface area contributed by atoms with E-state index in [0.717, 1.165) is 12.0 Å². The van der Waals surface area contributed by atoms with Gasteiger partial charge in [0, 0.05) is 12.2 Å². The first-order valence-corrected chi connectivity index (χ1v) is 7.89. The number of nitrogens with two attached hydrogens (primary N) is 1. The van der Waals surface area contributed by atoms with E-state index in [4.69, 9.17) is 5.73 Å². The molecule has 7 heteroatoms. The molecular formula is C13H21N3O3S. The van der Waals surface area contributed by atoms with Gasteiger partial charge in [-0.25, -0.2) is 13.1 Å². The number of rotatable bonds is 6. The fourth-order valence-corrected chi connectivity index (χ4v) is 3.03. The van der Waals surface area contributed by atoms with Crippen LogP contribution in [0.3, 0.4) is 0 Å². The molecule has 6 nitrogen and oxygen atoms in total. The molecule has 1 aromatic carbocycles. The zero-order chi connectivity index (χ0) is 15.3. The molecule has 0 spiro atoms. The van der Waals surface area contributed by atoms with Gasteiger partial charge in [0.05, 0.1) is 11.4 Å². The predicted molar refractivity (Wildman–Crippen MR) is 78.8 cm³/mol. The fourth-order valence-electron chi connectivity index (χ4n) is 1.70. The molecule has 1 amide bonds. The van der Waals surface area contributed by atoms with Crippen molar-refractivity contribution in [2.75, 3.05) is 18.8 Å². The van der Waals surface area contributed by atoms with Crippen LogP contribution < -0.4 is 15.8 Å². The van der Waals surface area contributed by atoms with Gasteiger partial charge < -0.3 is 11.1 Å². The van der Waals surface area contributed by atoms with E-state index in [1.807, 2.05) is 6.92 Å². The van der Waals surface area contributed by atoms with Crippen molar-refractivity contribution in [1.29, 1.82) is 0 Å². The molecule has 0 aromatic heterocycles. The molecule has 0 aliphatic carbocycles. The van der Waals surface area contributed by atoms with E-state index < -0.39 is 10.0 Å². The van der Waals surface area contributed by atoms with E-state index in [2.05, 4.69) is 10.0 Å². The Morgan fingerprint density at radius 2 is 1.95 bits per heavy atom. The number of hydrogen-bond acceptors (Lipinski definition) is 4. The van der Waals surface area contributed by atoms with Crippen LogP contribution in [0.5, 0.6) is 0 Å². The second-order valence-corrected chi connectivity index (χ2v) is 6.37. The van der Waals surface area contributed by atoms with Crippen LogP contribution in [0.15, 0.2) is 17.0 Å². The average Bonchev–Trinajstić information content (AvgIpc) is 2.38. The van der Waals surface area contributed by atoms with Gasteiger partial charge in [0.1, 0.15) is 0 Å². The second-order valence-electron chi connectivity index (χ2n) is 4.64. The van der Waals surface area contributed by atoms with Crippen molar-refractivity contribution in [3.63, 3.8) is 0 Å². The Morgan fingerprint density at radius 3 is 2.55 bits per heavy atom. The summed E-state index contributed by atoms with van der Waals surface area (Å²) in [5.74, 6) is -0.353. The van der Waals surface area contributed by atoms with Crippen LogP contribution >= 0.6 is 0 Å². The third kappa shape index (κ3) is 4.21. The van der Waals surface area contributed by atoms with E-state index in [0.29, 0.717) is 17.8 Å². The first-order chi connectivity index (χ1) is 9.27. The number of nitrogen functional groups attached to an aromatic ring is 1. The highest BCUT2D eigenvalue weighted by Crippen LogP contribution is 2.21. The molecule has 20 heavy (non-hydrogen) atoms. The van der Waals surface area contributed by atoms with Gasteiger partial charge in [0.15, 0.2) is 0 Å². The number of aryl methyl sites for hydroxylation is 1. The number of carbonyl (C=O) groups is 1. The van der Waals surface area contributed by atoms with Gasteiger partial charge >= 0.3 is 0 Å². The number of anilines is 1. The van der Waals surface area contributed by atoms with Crippen molar-refractivity contribution in [3.8, 4) is 0 Å². The highest BCUT2D eigenvalue weighted by Gasteiger charge is 2.19. The Labute approximate surface area is 119 Å².